The number of amides is 1. The molecule has 208 valence electrons. The van der Waals surface area contributed by atoms with Gasteiger partial charge in [0.15, 0.2) is 0 Å². The van der Waals surface area contributed by atoms with E-state index in [1.54, 1.807) is 0 Å². The zero-order valence-corrected chi connectivity index (χ0v) is 23.8. The van der Waals surface area contributed by atoms with E-state index in [9.17, 15) is 14.4 Å². The molecule has 3 aromatic rings. The third-order valence-electron chi connectivity index (χ3n) is 7.53. The number of rotatable bonds is 8. The van der Waals surface area contributed by atoms with Gasteiger partial charge in [-0.3, -0.25) is 19.1 Å². The van der Waals surface area contributed by atoms with E-state index in [2.05, 4.69) is 74.1 Å². The predicted octanol–water partition coefficient (Wildman–Crippen LogP) is 4.58. The van der Waals surface area contributed by atoms with Gasteiger partial charge in [0.25, 0.3) is 5.56 Å². The number of nitrogens with zero attached hydrogens (tertiary/aromatic N) is 3. The van der Waals surface area contributed by atoms with Crippen LogP contribution in [0.25, 0.3) is 0 Å². The van der Waals surface area contributed by atoms with E-state index in [1.165, 1.54) is 28.4 Å². The fraction of sp³-hybridized carbons (Fsp3) is 0.452. The lowest BCUT2D eigenvalue weighted by molar-refractivity contribution is -0.131. The molecule has 2 N–H and O–H groups in total. The summed E-state index contributed by atoms with van der Waals surface area (Å²) in [4.78, 5) is 45.0. The van der Waals surface area contributed by atoms with Crippen LogP contribution in [0.1, 0.15) is 57.2 Å². The molecule has 4 rings (SSSR count). The second-order valence-electron chi connectivity index (χ2n) is 11.4. The molecule has 1 aromatic heterocycles. The number of aromatic nitrogens is 2. The number of hydrogen-bond donors (Lipinski definition) is 2. The van der Waals surface area contributed by atoms with E-state index in [-0.39, 0.29) is 23.4 Å². The van der Waals surface area contributed by atoms with Crippen LogP contribution in [0.15, 0.2) is 58.1 Å². The van der Waals surface area contributed by atoms with E-state index in [0.717, 1.165) is 29.8 Å². The summed E-state index contributed by atoms with van der Waals surface area (Å²) in [5.74, 6) is 0.417. The summed E-state index contributed by atoms with van der Waals surface area (Å²) in [7, 11) is 0. The van der Waals surface area contributed by atoms with Crippen molar-refractivity contribution in [3.05, 3.63) is 86.1 Å². The summed E-state index contributed by atoms with van der Waals surface area (Å²) >= 11 is 0. The lowest BCUT2D eigenvalue weighted by Crippen LogP contribution is -2.48. The topological polar surface area (TPSA) is 90.4 Å². The molecule has 1 aliphatic heterocycles. The SMILES string of the molecule is CCc1cc(Nc2cc(=O)n(CCCC(=O)N3CCN(c4ccc(C(C)(C)C)cc4)CC3)c(=O)[nH]2)ccc1C. The van der Waals surface area contributed by atoms with Gasteiger partial charge in [0, 0.05) is 56.6 Å². The normalized spacial score (nSPS) is 14.0. The largest absolute Gasteiger partial charge is 0.368 e. The quantitative estimate of drug-likeness (QED) is 0.444. The number of benzene rings is 2. The van der Waals surface area contributed by atoms with Crippen molar-refractivity contribution in [2.75, 3.05) is 36.4 Å². The molecule has 0 spiro atoms. The molecule has 39 heavy (non-hydrogen) atoms. The summed E-state index contributed by atoms with van der Waals surface area (Å²) in [5.41, 5.74) is 4.97. The Hall–Kier alpha value is -3.81. The fourth-order valence-corrected chi connectivity index (χ4v) is 5.02. The minimum atomic E-state index is -0.480. The number of aryl methyl sites for hydroxylation is 2. The van der Waals surface area contributed by atoms with Gasteiger partial charge in [-0.05, 0) is 66.1 Å². The lowest BCUT2D eigenvalue weighted by Gasteiger charge is -2.36. The van der Waals surface area contributed by atoms with Crippen LogP contribution in [-0.4, -0.2) is 46.5 Å². The Kier molecular flexibility index (Phi) is 8.63. The number of anilines is 3. The summed E-state index contributed by atoms with van der Waals surface area (Å²) in [6, 6.07) is 16.0. The maximum Gasteiger partial charge on any atom is 0.329 e. The molecule has 1 saturated heterocycles. The molecule has 8 nitrogen and oxygen atoms in total. The molecule has 1 aliphatic rings. The lowest BCUT2D eigenvalue weighted by atomic mass is 9.87. The van der Waals surface area contributed by atoms with Gasteiger partial charge in [0.2, 0.25) is 5.91 Å². The Balaban J connectivity index is 1.27. The van der Waals surface area contributed by atoms with Crippen molar-refractivity contribution in [1.82, 2.24) is 14.5 Å². The zero-order chi connectivity index (χ0) is 28.2. The van der Waals surface area contributed by atoms with E-state index in [1.807, 2.05) is 23.1 Å². The molecule has 0 unspecified atom stereocenters. The number of hydrogen-bond acceptors (Lipinski definition) is 5. The highest BCUT2D eigenvalue weighted by molar-refractivity contribution is 5.76. The van der Waals surface area contributed by atoms with Gasteiger partial charge in [-0.25, -0.2) is 4.79 Å². The Morgan fingerprint density at radius 3 is 2.28 bits per heavy atom. The van der Waals surface area contributed by atoms with Crippen LogP contribution in [0.3, 0.4) is 0 Å². The number of nitrogens with one attached hydrogen (secondary N) is 2. The average molecular weight is 532 g/mol. The van der Waals surface area contributed by atoms with E-state index >= 15 is 0 Å². The van der Waals surface area contributed by atoms with Gasteiger partial charge < -0.3 is 15.1 Å². The standard InChI is InChI=1S/C31H41N5O3/c1-6-23-20-25(12-9-22(23)2)32-27-21-29(38)36(30(39)33-27)15-7-8-28(37)35-18-16-34(17-19-35)26-13-10-24(11-14-26)31(3,4)5/h9-14,20-21,32H,6-8,15-19H2,1-5H3,(H,33,39). The molecule has 2 heterocycles. The van der Waals surface area contributed by atoms with E-state index < -0.39 is 5.69 Å². The molecule has 0 radical (unpaired) electrons. The average Bonchev–Trinajstić information content (AvgIpc) is 2.91. The van der Waals surface area contributed by atoms with Gasteiger partial charge in [0.05, 0.1) is 0 Å². The molecule has 8 heteroatoms. The second kappa shape index (κ2) is 11.9. The minimum absolute atomic E-state index is 0.0617. The summed E-state index contributed by atoms with van der Waals surface area (Å²) in [6.45, 7) is 13.9. The van der Waals surface area contributed by atoms with Crippen molar-refractivity contribution in [3.8, 4) is 0 Å². The summed E-state index contributed by atoms with van der Waals surface area (Å²) in [6.07, 6.45) is 1.63. The fourth-order valence-electron chi connectivity index (χ4n) is 5.02. The highest BCUT2D eigenvalue weighted by Crippen LogP contribution is 2.25. The molecular weight excluding hydrogens is 490 g/mol. The number of aromatic amines is 1. The zero-order valence-electron chi connectivity index (χ0n) is 23.8. The summed E-state index contributed by atoms with van der Waals surface area (Å²) < 4.78 is 1.16. The van der Waals surface area contributed by atoms with Crippen molar-refractivity contribution in [3.63, 3.8) is 0 Å². The monoisotopic (exact) mass is 531 g/mol. The maximum atomic E-state index is 12.8. The van der Waals surface area contributed by atoms with Gasteiger partial charge in [-0.1, -0.05) is 45.9 Å². The van der Waals surface area contributed by atoms with Crippen molar-refractivity contribution < 1.29 is 4.79 Å². The van der Waals surface area contributed by atoms with Crippen molar-refractivity contribution >= 4 is 23.1 Å². The molecular formula is C31H41N5O3. The molecule has 0 saturated carbocycles. The van der Waals surface area contributed by atoms with E-state index in [4.69, 9.17) is 0 Å². The van der Waals surface area contributed by atoms with Crippen LogP contribution in [0.5, 0.6) is 0 Å². The Morgan fingerprint density at radius 1 is 0.974 bits per heavy atom. The highest BCUT2D eigenvalue weighted by atomic mass is 16.2. The van der Waals surface area contributed by atoms with Gasteiger partial charge in [0.1, 0.15) is 5.82 Å². The Bertz CT molecular complexity index is 1380. The molecule has 0 bridgehead atoms. The first-order valence-corrected chi connectivity index (χ1v) is 13.9. The Labute approximate surface area is 230 Å². The van der Waals surface area contributed by atoms with Crippen LogP contribution in [0.2, 0.25) is 0 Å². The van der Waals surface area contributed by atoms with Gasteiger partial charge in [-0.2, -0.15) is 0 Å². The van der Waals surface area contributed by atoms with Gasteiger partial charge in [-0.15, -0.1) is 0 Å². The first kappa shape index (κ1) is 28.2. The molecule has 0 atom stereocenters. The van der Waals surface area contributed by atoms with Crippen molar-refractivity contribution in [1.29, 1.82) is 0 Å². The smallest absolute Gasteiger partial charge is 0.329 e. The van der Waals surface area contributed by atoms with Crippen LogP contribution in [-0.2, 0) is 23.2 Å². The molecule has 1 amide bonds. The number of H-pyrrole nitrogens is 1. The van der Waals surface area contributed by atoms with Crippen molar-refractivity contribution in [2.45, 2.75) is 65.8 Å². The molecule has 2 aromatic carbocycles. The first-order valence-electron chi connectivity index (χ1n) is 13.9. The third kappa shape index (κ3) is 6.99. The minimum Gasteiger partial charge on any atom is -0.368 e. The highest BCUT2D eigenvalue weighted by Gasteiger charge is 2.22. The number of carbonyl (C=O) groups is 1. The van der Waals surface area contributed by atoms with Crippen LogP contribution < -0.4 is 21.5 Å². The van der Waals surface area contributed by atoms with Crippen LogP contribution in [0, 0.1) is 6.92 Å². The molecule has 0 aliphatic carbocycles. The van der Waals surface area contributed by atoms with E-state index in [0.29, 0.717) is 31.7 Å². The van der Waals surface area contributed by atoms with Crippen LogP contribution in [0.4, 0.5) is 17.2 Å². The number of piperazine rings is 1. The van der Waals surface area contributed by atoms with Gasteiger partial charge >= 0.3 is 5.69 Å². The second-order valence-corrected chi connectivity index (χ2v) is 11.4. The maximum absolute atomic E-state index is 12.8. The predicted molar refractivity (Wildman–Crippen MR) is 158 cm³/mol. The Morgan fingerprint density at radius 2 is 1.67 bits per heavy atom. The number of carbonyl (C=O) groups excluding carboxylic acids is 1. The first-order chi connectivity index (χ1) is 18.5. The third-order valence-corrected chi connectivity index (χ3v) is 7.53. The van der Waals surface area contributed by atoms with Crippen LogP contribution >= 0.6 is 0 Å². The summed E-state index contributed by atoms with van der Waals surface area (Å²) in [5, 5.41) is 3.12. The molecule has 1 fully saturated rings. The van der Waals surface area contributed by atoms with Crippen molar-refractivity contribution in [2.24, 2.45) is 0 Å².